The number of nitrogens with two attached hydrogens (primary N) is 1. The van der Waals surface area contributed by atoms with Gasteiger partial charge in [0.2, 0.25) is 5.91 Å². The Morgan fingerprint density at radius 3 is 2.29 bits per heavy atom. The predicted molar refractivity (Wildman–Crippen MR) is 78.7 cm³/mol. The lowest BCUT2D eigenvalue weighted by Crippen LogP contribution is -2.44. The van der Waals surface area contributed by atoms with Crippen molar-refractivity contribution in [1.82, 2.24) is 5.32 Å². The highest BCUT2D eigenvalue weighted by atomic mass is 16.3. The van der Waals surface area contributed by atoms with E-state index in [9.17, 15) is 14.7 Å². The number of amides is 2. The largest absolute Gasteiger partial charge is 0.508 e. The Kier molecular flexibility index (Phi) is 4.68. The van der Waals surface area contributed by atoms with Gasteiger partial charge in [0.25, 0.3) is 5.91 Å². The van der Waals surface area contributed by atoms with Gasteiger partial charge in [-0.25, -0.2) is 0 Å². The van der Waals surface area contributed by atoms with Gasteiger partial charge in [-0.2, -0.15) is 0 Å². The lowest BCUT2D eigenvalue weighted by Gasteiger charge is -2.11. The molecule has 2 aromatic carbocycles. The molecule has 2 aromatic rings. The Labute approximate surface area is 122 Å². The fraction of sp³-hybridized carbons (Fsp3) is 0.125. The molecule has 0 aromatic heterocycles. The van der Waals surface area contributed by atoms with E-state index in [1.165, 1.54) is 12.1 Å². The van der Waals surface area contributed by atoms with Crippen LogP contribution in [0, 0.1) is 0 Å². The number of imide groups is 1. The first kappa shape index (κ1) is 14.7. The van der Waals surface area contributed by atoms with E-state index in [2.05, 4.69) is 5.32 Å². The molecule has 0 aliphatic carbocycles. The average molecular weight is 284 g/mol. The molecule has 5 nitrogen and oxygen atoms in total. The van der Waals surface area contributed by atoms with E-state index in [1.54, 1.807) is 42.5 Å². The second-order valence-corrected chi connectivity index (χ2v) is 4.66. The quantitative estimate of drug-likeness (QED) is 0.787. The fourth-order valence-electron chi connectivity index (χ4n) is 1.84. The molecule has 4 N–H and O–H groups in total. The summed E-state index contributed by atoms with van der Waals surface area (Å²) < 4.78 is 0. The van der Waals surface area contributed by atoms with E-state index in [0.717, 1.165) is 5.56 Å². The van der Waals surface area contributed by atoms with Gasteiger partial charge in [0.05, 0.1) is 6.04 Å². The van der Waals surface area contributed by atoms with Crippen LogP contribution in [0.1, 0.15) is 15.9 Å². The Morgan fingerprint density at radius 2 is 1.67 bits per heavy atom. The van der Waals surface area contributed by atoms with Crippen molar-refractivity contribution in [2.45, 2.75) is 12.5 Å². The third-order valence-electron chi connectivity index (χ3n) is 3.00. The minimum absolute atomic E-state index is 0.149. The van der Waals surface area contributed by atoms with E-state index in [1.807, 2.05) is 0 Å². The molecule has 2 amide bonds. The van der Waals surface area contributed by atoms with Gasteiger partial charge in [0.1, 0.15) is 5.75 Å². The third-order valence-corrected chi connectivity index (χ3v) is 3.00. The fourth-order valence-corrected chi connectivity index (χ4v) is 1.84. The molecule has 108 valence electrons. The second kappa shape index (κ2) is 6.67. The molecule has 21 heavy (non-hydrogen) atoms. The lowest BCUT2D eigenvalue weighted by molar-refractivity contribution is -0.121. The Morgan fingerprint density at radius 1 is 1.05 bits per heavy atom. The van der Waals surface area contributed by atoms with Crippen molar-refractivity contribution in [2.24, 2.45) is 5.73 Å². The number of hydrogen-bond donors (Lipinski definition) is 3. The Hall–Kier alpha value is -2.66. The average Bonchev–Trinajstić information content (AvgIpc) is 2.50. The summed E-state index contributed by atoms with van der Waals surface area (Å²) in [4.78, 5) is 23.7. The number of nitrogens with one attached hydrogen (secondary N) is 1. The van der Waals surface area contributed by atoms with Gasteiger partial charge in [-0.05, 0) is 36.2 Å². The monoisotopic (exact) mass is 284 g/mol. The highest BCUT2D eigenvalue weighted by Crippen LogP contribution is 2.11. The standard InChI is InChI=1S/C16H16N2O3/c17-14(10-11-6-8-13(19)9-7-11)16(21)18-15(20)12-4-2-1-3-5-12/h1-9,14,19H,10,17H2,(H,18,20,21). The maximum absolute atomic E-state index is 11.9. The molecule has 0 aliphatic rings. The summed E-state index contributed by atoms with van der Waals surface area (Å²) >= 11 is 0. The SMILES string of the molecule is NC(Cc1ccc(O)cc1)C(=O)NC(=O)c1ccccc1. The second-order valence-electron chi connectivity index (χ2n) is 4.66. The smallest absolute Gasteiger partial charge is 0.257 e. The topological polar surface area (TPSA) is 92.4 Å². The molecule has 0 spiro atoms. The van der Waals surface area contributed by atoms with Crippen molar-refractivity contribution >= 4 is 11.8 Å². The van der Waals surface area contributed by atoms with Crippen LogP contribution in [0.2, 0.25) is 0 Å². The number of phenolic OH excluding ortho intramolecular Hbond substituents is 1. The van der Waals surface area contributed by atoms with Gasteiger partial charge in [0.15, 0.2) is 0 Å². The third kappa shape index (κ3) is 4.15. The zero-order valence-electron chi connectivity index (χ0n) is 11.3. The molecule has 0 bridgehead atoms. The molecule has 5 heteroatoms. The minimum Gasteiger partial charge on any atom is -0.508 e. The summed E-state index contributed by atoms with van der Waals surface area (Å²) in [6.45, 7) is 0. The van der Waals surface area contributed by atoms with Crippen LogP contribution < -0.4 is 11.1 Å². The van der Waals surface area contributed by atoms with Crippen molar-refractivity contribution in [3.8, 4) is 5.75 Å². The van der Waals surface area contributed by atoms with Crippen molar-refractivity contribution in [3.63, 3.8) is 0 Å². The van der Waals surface area contributed by atoms with E-state index in [4.69, 9.17) is 5.73 Å². The molecular formula is C16H16N2O3. The Bertz CT molecular complexity index is 624. The molecule has 0 aliphatic heterocycles. The molecule has 0 saturated heterocycles. The number of aromatic hydroxyl groups is 1. The molecule has 0 radical (unpaired) electrons. The predicted octanol–water partition coefficient (Wildman–Crippen LogP) is 1.22. The molecule has 0 heterocycles. The molecule has 1 atom stereocenters. The molecular weight excluding hydrogens is 268 g/mol. The molecule has 2 rings (SSSR count). The van der Waals surface area contributed by atoms with Crippen LogP contribution in [-0.4, -0.2) is 23.0 Å². The van der Waals surface area contributed by atoms with E-state index in [0.29, 0.717) is 5.56 Å². The Balaban J connectivity index is 1.93. The summed E-state index contributed by atoms with van der Waals surface area (Å²) in [5, 5.41) is 11.5. The van der Waals surface area contributed by atoms with E-state index >= 15 is 0 Å². The van der Waals surface area contributed by atoms with Crippen LogP contribution in [0.25, 0.3) is 0 Å². The first-order valence-corrected chi connectivity index (χ1v) is 6.50. The lowest BCUT2D eigenvalue weighted by atomic mass is 10.1. The maximum Gasteiger partial charge on any atom is 0.257 e. The molecule has 0 saturated carbocycles. The highest BCUT2D eigenvalue weighted by Gasteiger charge is 2.17. The van der Waals surface area contributed by atoms with Gasteiger partial charge < -0.3 is 10.8 Å². The van der Waals surface area contributed by atoms with Crippen molar-refractivity contribution in [1.29, 1.82) is 0 Å². The zero-order valence-corrected chi connectivity index (χ0v) is 11.3. The summed E-state index contributed by atoms with van der Waals surface area (Å²) in [7, 11) is 0. The summed E-state index contributed by atoms with van der Waals surface area (Å²) in [6.07, 6.45) is 0.286. The van der Waals surface area contributed by atoms with E-state index in [-0.39, 0.29) is 12.2 Å². The van der Waals surface area contributed by atoms with Crippen molar-refractivity contribution in [3.05, 3.63) is 65.7 Å². The van der Waals surface area contributed by atoms with Crippen LogP contribution in [-0.2, 0) is 11.2 Å². The molecule has 0 fully saturated rings. The summed E-state index contributed by atoms with van der Waals surface area (Å²) in [5.41, 5.74) is 7.00. The van der Waals surface area contributed by atoms with Crippen LogP contribution in [0.5, 0.6) is 5.75 Å². The zero-order chi connectivity index (χ0) is 15.2. The van der Waals surface area contributed by atoms with Crippen molar-refractivity contribution < 1.29 is 14.7 Å². The number of benzene rings is 2. The number of phenols is 1. The van der Waals surface area contributed by atoms with E-state index < -0.39 is 17.9 Å². The summed E-state index contributed by atoms with van der Waals surface area (Å²) in [6, 6.07) is 14.0. The number of rotatable bonds is 4. The first-order chi connectivity index (χ1) is 10.1. The van der Waals surface area contributed by atoms with Crippen LogP contribution in [0.15, 0.2) is 54.6 Å². The van der Waals surface area contributed by atoms with Gasteiger partial charge in [-0.15, -0.1) is 0 Å². The number of hydrogen-bond acceptors (Lipinski definition) is 4. The van der Waals surface area contributed by atoms with Crippen LogP contribution in [0.4, 0.5) is 0 Å². The van der Waals surface area contributed by atoms with Gasteiger partial charge in [-0.3, -0.25) is 14.9 Å². The number of carbonyl (C=O) groups is 2. The summed E-state index contributed by atoms with van der Waals surface area (Å²) in [5.74, 6) is -0.852. The minimum atomic E-state index is -0.831. The highest BCUT2D eigenvalue weighted by molar-refractivity contribution is 6.06. The maximum atomic E-state index is 11.9. The van der Waals surface area contributed by atoms with Crippen LogP contribution in [0.3, 0.4) is 0 Å². The normalized spacial score (nSPS) is 11.7. The molecule has 1 unspecified atom stereocenters. The van der Waals surface area contributed by atoms with Crippen molar-refractivity contribution in [2.75, 3.05) is 0 Å². The van der Waals surface area contributed by atoms with Crippen LogP contribution >= 0.6 is 0 Å². The van der Waals surface area contributed by atoms with Gasteiger partial charge in [-0.1, -0.05) is 30.3 Å². The van der Waals surface area contributed by atoms with Gasteiger partial charge in [0, 0.05) is 5.56 Å². The van der Waals surface area contributed by atoms with Gasteiger partial charge >= 0.3 is 0 Å². The first-order valence-electron chi connectivity index (χ1n) is 6.50. The number of carbonyl (C=O) groups excluding carboxylic acids is 2.